The molecule has 320 valence electrons. The van der Waals surface area contributed by atoms with Crippen LogP contribution < -0.4 is 0 Å². The van der Waals surface area contributed by atoms with Gasteiger partial charge in [-0.25, -0.2) is 9.59 Å². The number of ketones is 1. The first-order chi connectivity index (χ1) is 26.4. The van der Waals surface area contributed by atoms with E-state index in [9.17, 15) is 60.0 Å². The van der Waals surface area contributed by atoms with Crippen molar-refractivity contribution < 1.29 is 79.0 Å². The molecule has 0 spiro atoms. The van der Waals surface area contributed by atoms with E-state index in [4.69, 9.17) is 18.9 Å². The van der Waals surface area contributed by atoms with Gasteiger partial charge in [-0.05, 0) is 110 Å². The Balaban J connectivity index is 1.09. The molecule has 16 nitrogen and oxygen atoms in total. The standard InChI is InChI=1S/C41H60O16/c1-37(2)21-8-11-40(5)18-7-10-38(3)13-14-39(4,36(52)53)16-19(38)17(18)15-20(42)31(40)41(21,6)12-9-22(37)54-34-27(47)25(45)28(30(57-34)33(50)51)55-35-26(46)23(43)24(44)29(56-35)32(48)49/h15,18-19,21-31,34-35,43-47H,7-14,16H2,1-6H3,(H,48,49)(H,50,51)(H,52,53)/t18?,19-,21?,22?,23?,24?,25?,26?,27?,28-,29+,30?,31?,34-,35-,38+,39-,40+,41+/m0/s1. The van der Waals surface area contributed by atoms with Gasteiger partial charge in [-0.3, -0.25) is 9.59 Å². The van der Waals surface area contributed by atoms with Crippen molar-refractivity contribution in [3.05, 3.63) is 11.6 Å². The van der Waals surface area contributed by atoms with Gasteiger partial charge in [0.25, 0.3) is 0 Å². The van der Waals surface area contributed by atoms with Crippen molar-refractivity contribution in [3.63, 3.8) is 0 Å². The van der Waals surface area contributed by atoms with E-state index >= 15 is 0 Å². The predicted octanol–water partition coefficient (Wildman–Crippen LogP) is 1.86. The molecular weight excluding hydrogens is 748 g/mol. The Kier molecular flexibility index (Phi) is 10.7. The number of hydrogen-bond donors (Lipinski definition) is 8. The molecule has 0 aromatic carbocycles. The molecule has 6 fully saturated rings. The molecule has 0 amide bonds. The molecule has 2 saturated heterocycles. The number of fused-ring (bicyclic) bond motifs is 7. The van der Waals surface area contributed by atoms with Gasteiger partial charge in [0.1, 0.15) is 36.6 Å². The zero-order valence-corrected chi connectivity index (χ0v) is 33.4. The summed E-state index contributed by atoms with van der Waals surface area (Å²) in [6, 6.07) is 0. The molecule has 0 aromatic rings. The maximum Gasteiger partial charge on any atom is 0.335 e. The van der Waals surface area contributed by atoms with Gasteiger partial charge in [-0.15, -0.1) is 0 Å². The minimum Gasteiger partial charge on any atom is -0.481 e. The quantitative estimate of drug-likeness (QED) is 0.171. The van der Waals surface area contributed by atoms with Gasteiger partial charge in [-0.2, -0.15) is 0 Å². The van der Waals surface area contributed by atoms with E-state index in [2.05, 4.69) is 20.8 Å². The number of ether oxygens (including phenoxy) is 4. The topological polar surface area (TPSA) is 267 Å². The second-order valence-corrected chi connectivity index (χ2v) is 20.0. The summed E-state index contributed by atoms with van der Waals surface area (Å²) in [5.74, 6) is -4.17. The molecule has 5 aliphatic carbocycles. The average molecular weight is 809 g/mol. The Bertz CT molecular complexity index is 1680. The van der Waals surface area contributed by atoms with E-state index in [1.165, 1.54) is 0 Å². The Morgan fingerprint density at radius 1 is 0.667 bits per heavy atom. The van der Waals surface area contributed by atoms with Crippen LogP contribution in [0, 0.1) is 50.7 Å². The van der Waals surface area contributed by atoms with Crippen molar-refractivity contribution in [1.29, 1.82) is 0 Å². The molecule has 4 saturated carbocycles. The molecule has 0 bridgehead atoms. The van der Waals surface area contributed by atoms with Crippen LogP contribution in [-0.2, 0) is 38.1 Å². The molecule has 8 N–H and O–H groups in total. The zero-order valence-electron chi connectivity index (χ0n) is 33.4. The number of rotatable bonds is 7. The molecule has 2 heterocycles. The van der Waals surface area contributed by atoms with Gasteiger partial charge in [0.05, 0.1) is 11.5 Å². The van der Waals surface area contributed by atoms with Gasteiger partial charge in [0.2, 0.25) is 0 Å². The van der Waals surface area contributed by atoms with Crippen molar-refractivity contribution in [3.8, 4) is 0 Å². The monoisotopic (exact) mass is 808 g/mol. The Hall–Kier alpha value is -2.54. The van der Waals surface area contributed by atoms with E-state index in [1.807, 2.05) is 26.8 Å². The number of carbonyl (C=O) groups is 4. The molecule has 0 radical (unpaired) electrons. The van der Waals surface area contributed by atoms with E-state index in [-0.39, 0.29) is 40.3 Å². The van der Waals surface area contributed by atoms with Crippen LogP contribution >= 0.6 is 0 Å². The van der Waals surface area contributed by atoms with Crippen LogP contribution in [0.5, 0.6) is 0 Å². The lowest BCUT2D eigenvalue weighted by Gasteiger charge is -2.67. The summed E-state index contributed by atoms with van der Waals surface area (Å²) in [5, 5.41) is 82.9. The van der Waals surface area contributed by atoms with Crippen molar-refractivity contribution in [2.45, 2.75) is 167 Å². The van der Waals surface area contributed by atoms with Gasteiger partial charge >= 0.3 is 17.9 Å². The smallest absolute Gasteiger partial charge is 0.335 e. The van der Waals surface area contributed by atoms with Gasteiger partial charge in [-0.1, -0.05) is 40.2 Å². The van der Waals surface area contributed by atoms with Crippen LogP contribution in [0.2, 0.25) is 0 Å². The first kappa shape index (κ1) is 42.6. The van der Waals surface area contributed by atoms with E-state index in [1.54, 1.807) is 0 Å². The SMILES string of the molecule is CC1(C)C(O[C@H]2OC(C(=O)O)[C@@H](O[C@H]3O[C@@H](C(=O)O)C(O)C(O)C3O)C(O)C2O)CC[C@]2(C)C1CC[C@]1(C)C3CC[C@]4(C)CC[C@](C)(C(=O)O)C[C@H]4C3=CC(=O)C12. The van der Waals surface area contributed by atoms with Gasteiger partial charge in [0.15, 0.2) is 30.6 Å². The van der Waals surface area contributed by atoms with Crippen molar-refractivity contribution in [1.82, 2.24) is 0 Å². The number of carbonyl (C=O) groups excluding carboxylic acids is 1. The summed E-state index contributed by atoms with van der Waals surface area (Å²) in [6.07, 6.45) is -11.9. The second kappa shape index (κ2) is 14.3. The zero-order chi connectivity index (χ0) is 41.9. The number of allylic oxidation sites excluding steroid dienone is 2. The third-order valence-electron chi connectivity index (χ3n) is 16.4. The fourth-order valence-corrected chi connectivity index (χ4v) is 13.1. The summed E-state index contributed by atoms with van der Waals surface area (Å²) < 4.78 is 22.7. The maximum absolute atomic E-state index is 14.6. The lowest BCUT2D eigenvalue weighted by Crippen LogP contribution is -2.67. The number of carboxylic acid groups (broad SMARTS) is 3. The minimum absolute atomic E-state index is 0.0252. The van der Waals surface area contributed by atoms with Crippen molar-refractivity contribution in [2.75, 3.05) is 0 Å². The molecular formula is C41H60O16. The molecule has 2 aliphatic heterocycles. The molecule has 19 atom stereocenters. The fraction of sp³-hybridized carbons (Fsp3) is 0.854. The molecule has 7 rings (SSSR count). The number of hydrogen-bond acceptors (Lipinski definition) is 13. The molecule has 16 heteroatoms. The number of aliphatic hydroxyl groups is 5. The molecule has 57 heavy (non-hydrogen) atoms. The third kappa shape index (κ3) is 6.51. The van der Waals surface area contributed by atoms with Crippen LogP contribution in [0.4, 0.5) is 0 Å². The van der Waals surface area contributed by atoms with Crippen LogP contribution in [0.25, 0.3) is 0 Å². The van der Waals surface area contributed by atoms with E-state index in [0.29, 0.717) is 25.7 Å². The van der Waals surface area contributed by atoms with Crippen LogP contribution in [0.3, 0.4) is 0 Å². The number of aliphatic carboxylic acids is 3. The highest BCUT2D eigenvalue weighted by Crippen LogP contribution is 2.71. The Labute approximate surface area is 331 Å². The van der Waals surface area contributed by atoms with Crippen LogP contribution in [0.1, 0.15) is 99.3 Å². The highest BCUT2D eigenvalue weighted by molar-refractivity contribution is 5.95. The fourth-order valence-electron chi connectivity index (χ4n) is 13.1. The average Bonchev–Trinajstić information content (AvgIpc) is 3.12. The summed E-state index contributed by atoms with van der Waals surface area (Å²) in [4.78, 5) is 51.1. The third-order valence-corrected chi connectivity index (χ3v) is 16.4. The van der Waals surface area contributed by atoms with Gasteiger partial charge < -0.3 is 59.8 Å². The van der Waals surface area contributed by atoms with Crippen molar-refractivity contribution >= 4 is 23.7 Å². The van der Waals surface area contributed by atoms with Crippen LogP contribution in [0.15, 0.2) is 11.6 Å². The normalized spacial score (nSPS) is 51.9. The Morgan fingerprint density at radius 3 is 1.89 bits per heavy atom. The van der Waals surface area contributed by atoms with Crippen molar-refractivity contribution in [2.24, 2.45) is 50.7 Å². The molecule has 0 aromatic heterocycles. The summed E-state index contributed by atoms with van der Waals surface area (Å²) in [5.41, 5.74) is -1.16. The minimum atomic E-state index is -2.06. The number of carboxylic acids is 3. The van der Waals surface area contributed by atoms with E-state index < -0.39 is 102 Å². The Morgan fingerprint density at radius 2 is 1.26 bits per heavy atom. The van der Waals surface area contributed by atoms with Gasteiger partial charge in [0, 0.05) is 5.92 Å². The first-order valence-corrected chi connectivity index (χ1v) is 20.4. The highest BCUT2D eigenvalue weighted by atomic mass is 16.7. The lowest BCUT2D eigenvalue weighted by atomic mass is 9.37. The first-order valence-electron chi connectivity index (χ1n) is 20.4. The van der Waals surface area contributed by atoms with Crippen LogP contribution in [-0.4, -0.2) is 132 Å². The molecule has 7 aliphatic rings. The lowest BCUT2D eigenvalue weighted by molar-refractivity contribution is -0.360. The summed E-state index contributed by atoms with van der Waals surface area (Å²) in [7, 11) is 0. The van der Waals surface area contributed by atoms with E-state index in [0.717, 1.165) is 37.7 Å². The second-order valence-electron chi connectivity index (χ2n) is 20.0. The summed E-state index contributed by atoms with van der Waals surface area (Å²) >= 11 is 0. The summed E-state index contributed by atoms with van der Waals surface area (Å²) in [6.45, 7) is 12.6. The maximum atomic E-state index is 14.6. The number of aliphatic hydroxyl groups excluding tert-OH is 5. The molecule has 10 unspecified atom stereocenters. The predicted molar refractivity (Wildman–Crippen MR) is 195 cm³/mol. The highest BCUT2D eigenvalue weighted by Gasteiger charge is 2.68. The largest absolute Gasteiger partial charge is 0.481 e.